The van der Waals surface area contributed by atoms with Crippen LogP contribution in [-0.4, -0.2) is 68.4 Å². The number of nitrogens with zero attached hydrogens (tertiary/aromatic N) is 1. The Bertz CT molecular complexity index is 290. The fourth-order valence-corrected chi connectivity index (χ4v) is 4.15. The van der Waals surface area contributed by atoms with Gasteiger partial charge < -0.3 is 15.4 Å². The number of amides is 2. The molecule has 0 aromatic heterocycles. The summed E-state index contributed by atoms with van der Waals surface area (Å²) in [6, 6.07) is 0.739. The molecule has 2 saturated heterocycles. The third-order valence-electron chi connectivity index (χ3n) is 4.21. The van der Waals surface area contributed by atoms with E-state index in [4.69, 9.17) is 4.74 Å². The normalized spacial score (nSPS) is 24.8. The van der Waals surface area contributed by atoms with E-state index in [-0.39, 0.29) is 6.03 Å². The summed E-state index contributed by atoms with van der Waals surface area (Å²) in [6.07, 6.45) is 3.77. The topological polar surface area (TPSA) is 53.6 Å². The van der Waals surface area contributed by atoms with Crippen molar-refractivity contribution in [1.82, 2.24) is 15.5 Å². The number of methoxy groups -OCH3 is 1. The number of nitrogens with one attached hydrogen (secondary N) is 2. The number of hydrogen-bond acceptors (Lipinski definition) is 4. The Morgan fingerprint density at radius 3 is 2.75 bits per heavy atom. The lowest BCUT2D eigenvalue weighted by Crippen LogP contribution is -2.45. The van der Waals surface area contributed by atoms with E-state index < -0.39 is 0 Å². The van der Waals surface area contributed by atoms with Crippen molar-refractivity contribution < 1.29 is 9.53 Å². The number of thioether (sulfide) groups is 1. The molecule has 2 aliphatic rings. The lowest BCUT2D eigenvalue weighted by atomic mass is 9.95. The molecule has 116 valence electrons. The van der Waals surface area contributed by atoms with Crippen molar-refractivity contribution >= 4 is 17.8 Å². The largest absolute Gasteiger partial charge is 0.383 e. The molecule has 0 aromatic carbocycles. The molecule has 0 aromatic rings. The van der Waals surface area contributed by atoms with E-state index in [1.807, 2.05) is 0 Å². The van der Waals surface area contributed by atoms with Crippen molar-refractivity contribution in [2.45, 2.75) is 25.3 Å². The van der Waals surface area contributed by atoms with E-state index in [9.17, 15) is 4.79 Å². The first-order valence-electron chi connectivity index (χ1n) is 7.62. The molecule has 6 heteroatoms. The molecule has 1 atom stereocenters. The summed E-state index contributed by atoms with van der Waals surface area (Å²) in [4.78, 5) is 14.2. The summed E-state index contributed by atoms with van der Waals surface area (Å²) in [6.45, 7) is 4.32. The third kappa shape index (κ3) is 5.14. The highest BCUT2D eigenvalue weighted by molar-refractivity contribution is 7.99. The zero-order valence-electron chi connectivity index (χ0n) is 12.4. The standard InChI is InChI=1S/C14H27N3O2S/c1-19-8-5-15-14(18)16-10-12-2-6-17(7-3-12)13-4-9-20-11-13/h12-13H,2-11H2,1H3,(H2,15,16,18)/t13-/m1/s1. The van der Waals surface area contributed by atoms with E-state index in [0.29, 0.717) is 19.1 Å². The van der Waals surface area contributed by atoms with Crippen LogP contribution in [0.4, 0.5) is 4.79 Å². The maximum atomic E-state index is 11.5. The fourth-order valence-electron chi connectivity index (χ4n) is 2.90. The van der Waals surface area contributed by atoms with Crippen molar-refractivity contribution in [3.63, 3.8) is 0 Å². The summed E-state index contributed by atoms with van der Waals surface area (Å²) in [5.41, 5.74) is 0. The molecule has 0 bridgehead atoms. The molecule has 2 aliphatic heterocycles. The quantitative estimate of drug-likeness (QED) is 0.723. The zero-order valence-corrected chi connectivity index (χ0v) is 13.2. The SMILES string of the molecule is COCCNC(=O)NCC1CCN([C@@H]2CCSC2)CC1. The van der Waals surface area contributed by atoms with Crippen LogP contribution < -0.4 is 10.6 Å². The highest BCUT2D eigenvalue weighted by Gasteiger charge is 2.27. The average Bonchev–Trinajstić information content (AvgIpc) is 3.00. The van der Waals surface area contributed by atoms with Crippen LogP contribution >= 0.6 is 11.8 Å². The van der Waals surface area contributed by atoms with Gasteiger partial charge in [-0.3, -0.25) is 4.90 Å². The molecule has 0 spiro atoms. The molecular formula is C14H27N3O2S. The number of carbonyl (C=O) groups is 1. The van der Waals surface area contributed by atoms with Crippen LogP contribution in [0.2, 0.25) is 0 Å². The summed E-state index contributed by atoms with van der Waals surface area (Å²) < 4.78 is 4.90. The van der Waals surface area contributed by atoms with E-state index in [0.717, 1.165) is 12.6 Å². The van der Waals surface area contributed by atoms with Gasteiger partial charge in [0.1, 0.15) is 0 Å². The predicted molar refractivity (Wildman–Crippen MR) is 83.3 cm³/mol. The number of hydrogen-bond donors (Lipinski definition) is 2. The van der Waals surface area contributed by atoms with Gasteiger partial charge in [-0.2, -0.15) is 11.8 Å². The van der Waals surface area contributed by atoms with Crippen LogP contribution in [0.5, 0.6) is 0 Å². The molecule has 20 heavy (non-hydrogen) atoms. The van der Waals surface area contributed by atoms with Crippen molar-refractivity contribution in [3.8, 4) is 0 Å². The summed E-state index contributed by atoms with van der Waals surface area (Å²) >= 11 is 2.08. The maximum absolute atomic E-state index is 11.5. The molecule has 0 radical (unpaired) electrons. The van der Waals surface area contributed by atoms with Gasteiger partial charge in [0.05, 0.1) is 6.61 Å². The van der Waals surface area contributed by atoms with Gasteiger partial charge in [0, 0.05) is 32.0 Å². The Kier molecular flexibility index (Phi) is 6.96. The van der Waals surface area contributed by atoms with E-state index >= 15 is 0 Å². The third-order valence-corrected chi connectivity index (χ3v) is 5.36. The van der Waals surface area contributed by atoms with Crippen molar-refractivity contribution in [2.24, 2.45) is 5.92 Å². The van der Waals surface area contributed by atoms with Crippen LogP contribution in [0.25, 0.3) is 0 Å². The van der Waals surface area contributed by atoms with Gasteiger partial charge in [0.25, 0.3) is 0 Å². The maximum Gasteiger partial charge on any atom is 0.314 e. The molecule has 2 rings (SSSR count). The molecule has 5 nitrogen and oxygen atoms in total. The van der Waals surface area contributed by atoms with Gasteiger partial charge in [-0.25, -0.2) is 4.79 Å². The Balaban J connectivity index is 1.56. The van der Waals surface area contributed by atoms with E-state index in [1.54, 1.807) is 7.11 Å². The molecule has 2 fully saturated rings. The summed E-state index contributed by atoms with van der Waals surface area (Å²) in [5, 5.41) is 5.76. The summed E-state index contributed by atoms with van der Waals surface area (Å²) in [5.74, 6) is 3.27. The first-order chi connectivity index (χ1) is 9.79. The Morgan fingerprint density at radius 1 is 1.30 bits per heavy atom. The molecule has 2 heterocycles. The minimum atomic E-state index is -0.0725. The molecule has 0 aliphatic carbocycles. The van der Waals surface area contributed by atoms with Crippen LogP contribution in [0.15, 0.2) is 0 Å². The van der Waals surface area contributed by atoms with Gasteiger partial charge in [-0.1, -0.05) is 0 Å². The predicted octanol–water partition coefficient (Wildman–Crippen LogP) is 1.15. The van der Waals surface area contributed by atoms with Gasteiger partial charge in [0.2, 0.25) is 0 Å². The highest BCUT2D eigenvalue weighted by atomic mass is 32.2. The van der Waals surface area contributed by atoms with Gasteiger partial charge in [-0.15, -0.1) is 0 Å². The number of urea groups is 1. The zero-order chi connectivity index (χ0) is 14.2. The second kappa shape index (κ2) is 8.74. The first kappa shape index (κ1) is 15.9. The molecule has 2 N–H and O–H groups in total. The van der Waals surface area contributed by atoms with Crippen LogP contribution in [-0.2, 0) is 4.74 Å². The Morgan fingerprint density at radius 2 is 2.10 bits per heavy atom. The van der Waals surface area contributed by atoms with E-state index in [2.05, 4.69) is 27.3 Å². The lowest BCUT2D eigenvalue weighted by Gasteiger charge is -2.35. The monoisotopic (exact) mass is 301 g/mol. The number of rotatable bonds is 6. The number of ether oxygens (including phenoxy) is 1. The Hall–Kier alpha value is -0.460. The number of likely N-dealkylation sites (tertiary alicyclic amines) is 1. The highest BCUT2D eigenvalue weighted by Crippen LogP contribution is 2.26. The van der Waals surface area contributed by atoms with Crippen LogP contribution in [0.1, 0.15) is 19.3 Å². The van der Waals surface area contributed by atoms with Crippen LogP contribution in [0.3, 0.4) is 0 Å². The fraction of sp³-hybridized carbons (Fsp3) is 0.929. The van der Waals surface area contributed by atoms with Crippen molar-refractivity contribution in [3.05, 3.63) is 0 Å². The smallest absolute Gasteiger partial charge is 0.314 e. The van der Waals surface area contributed by atoms with Gasteiger partial charge in [0.15, 0.2) is 0 Å². The Labute approximate surface area is 126 Å². The summed E-state index contributed by atoms with van der Waals surface area (Å²) in [7, 11) is 1.64. The first-order valence-corrected chi connectivity index (χ1v) is 8.77. The minimum Gasteiger partial charge on any atom is -0.383 e. The lowest BCUT2D eigenvalue weighted by molar-refractivity contribution is 0.143. The second-order valence-electron chi connectivity index (χ2n) is 5.63. The molecule has 2 amide bonds. The molecule has 0 saturated carbocycles. The average molecular weight is 301 g/mol. The van der Waals surface area contributed by atoms with Crippen molar-refractivity contribution in [1.29, 1.82) is 0 Å². The molecular weight excluding hydrogens is 274 g/mol. The second-order valence-corrected chi connectivity index (χ2v) is 6.78. The number of piperidine rings is 1. The minimum absolute atomic E-state index is 0.0725. The van der Waals surface area contributed by atoms with E-state index in [1.165, 1.54) is 43.9 Å². The van der Waals surface area contributed by atoms with Gasteiger partial charge in [-0.05, 0) is 44.0 Å². The molecule has 0 unspecified atom stereocenters. The van der Waals surface area contributed by atoms with Crippen LogP contribution in [0, 0.1) is 5.92 Å². The van der Waals surface area contributed by atoms with Gasteiger partial charge >= 0.3 is 6.03 Å². The number of carbonyl (C=O) groups excluding carboxylic acids is 1. The van der Waals surface area contributed by atoms with Crippen molar-refractivity contribution in [2.75, 3.05) is 51.4 Å².